The summed E-state index contributed by atoms with van der Waals surface area (Å²) in [5.41, 5.74) is -0.999. The molecule has 1 heterocycles. The Morgan fingerprint density at radius 2 is 2.00 bits per heavy atom. The maximum Gasteiger partial charge on any atom is 0.574 e. The third-order valence-electron chi connectivity index (χ3n) is 1.89. The molecule has 9 heteroatoms. The Hall–Kier alpha value is -1.12. The average molecular weight is 336 g/mol. The van der Waals surface area contributed by atoms with Crippen molar-refractivity contribution >= 4 is 15.9 Å². The molecule has 0 unspecified atom stereocenters. The lowest BCUT2D eigenvalue weighted by Gasteiger charge is -2.15. The van der Waals surface area contributed by atoms with Gasteiger partial charge in [-0.3, -0.25) is 0 Å². The summed E-state index contributed by atoms with van der Waals surface area (Å²) in [5.74, 6) is -1.33. The number of nitrogens with zero attached hydrogens (tertiary/aromatic N) is 1. The lowest BCUT2D eigenvalue weighted by molar-refractivity contribution is -0.276. The largest absolute Gasteiger partial charge is 0.574 e. The fourth-order valence-electron chi connectivity index (χ4n) is 1.17. The van der Waals surface area contributed by atoms with Crippen LogP contribution in [-0.4, -0.2) is 18.5 Å². The molecule has 102 valence electrons. The van der Waals surface area contributed by atoms with Crippen LogP contribution in [0.3, 0.4) is 0 Å². The van der Waals surface area contributed by atoms with Crippen LogP contribution in [0.5, 0.6) is 11.8 Å². The molecule has 0 amide bonds. The van der Waals surface area contributed by atoms with Gasteiger partial charge >= 0.3 is 6.36 Å². The van der Waals surface area contributed by atoms with E-state index in [4.69, 9.17) is 0 Å². The summed E-state index contributed by atoms with van der Waals surface area (Å²) in [5, 5.41) is -0.255. The number of ether oxygens (including phenoxy) is 2. The quantitative estimate of drug-likeness (QED) is 0.619. The van der Waals surface area contributed by atoms with E-state index in [0.717, 1.165) is 13.2 Å². The molecule has 0 radical (unpaired) electrons. The average Bonchev–Trinajstić information content (AvgIpc) is 2.25. The predicted octanol–water partition coefficient (Wildman–Crippen LogP) is 3.82. The Balaban J connectivity index is 3.33. The van der Waals surface area contributed by atoms with Gasteiger partial charge in [0.2, 0.25) is 11.8 Å². The summed E-state index contributed by atoms with van der Waals surface area (Å²) in [7, 11) is 1.10. The highest BCUT2D eigenvalue weighted by Crippen LogP contribution is 2.35. The van der Waals surface area contributed by atoms with Gasteiger partial charge < -0.3 is 9.47 Å². The first-order chi connectivity index (χ1) is 8.28. The molecular formula is C9H7BrF5NO2. The van der Waals surface area contributed by atoms with Gasteiger partial charge in [-0.2, -0.15) is 4.98 Å². The number of halogens is 6. The van der Waals surface area contributed by atoms with Crippen LogP contribution < -0.4 is 9.47 Å². The van der Waals surface area contributed by atoms with Crippen molar-refractivity contribution in [2.24, 2.45) is 0 Å². The number of hydrogen-bond acceptors (Lipinski definition) is 3. The van der Waals surface area contributed by atoms with Crippen molar-refractivity contribution in [1.82, 2.24) is 4.98 Å². The van der Waals surface area contributed by atoms with Gasteiger partial charge in [-0.05, 0) is 0 Å². The summed E-state index contributed by atoms with van der Waals surface area (Å²) in [6, 6.07) is 0.866. The van der Waals surface area contributed by atoms with E-state index in [0.29, 0.717) is 0 Å². The normalized spacial score (nSPS) is 11.8. The summed E-state index contributed by atoms with van der Waals surface area (Å²) < 4.78 is 69.9. The summed E-state index contributed by atoms with van der Waals surface area (Å²) in [4.78, 5) is 3.36. The molecule has 0 fully saturated rings. The van der Waals surface area contributed by atoms with Crippen LogP contribution in [0.15, 0.2) is 6.07 Å². The monoisotopic (exact) mass is 335 g/mol. The lowest BCUT2D eigenvalue weighted by atomic mass is 10.1. The van der Waals surface area contributed by atoms with Crippen molar-refractivity contribution in [2.45, 2.75) is 18.1 Å². The van der Waals surface area contributed by atoms with Crippen LogP contribution in [0.25, 0.3) is 0 Å². The Kier molecular flexibility index (Phi) is 4.71. The molecule has 1 rings (SSSR count). The Labute approximate surface area is 107 Å². The van der Waals surface area contributed by atoms with Crippen LogP contribution in [0.2, 0.25) is 0 Å². The van der Waals surface area contributed by atoms with Gasteiger partial charge in [0.1, 0.15) is 0 Å². The van der Waals surface area contributed by atoms with Crippen LogP contribution in [0, 0.1) is 0 Å². The standard InChI is InChI=1S/C9H7BrF5NO2/c1-17-6-2-4(7(11)12)5(3-10)8(16-6)18-9(13,14)15/h2,7H,3H2,1H3. The first kappa shape index (κ1) is 14.9. The highest BCUT2D eigenvalue weighted by molar-refractivity contribution is 9.08. The molecule has 1 aromatic rings. The summed E-state index contributed by atoms with van der Waals surface area (Å²) >= 11 is 2.82. The molecule has 3 nitrogen and oxygen atoms in total. The molecule has 0 aliphatic carbocycles. The molecule has 0 atom stereocenters. The molecule has 0 aliphatic heterocycles. The van der Waals surface area contributed by atoms with Crippen molar-refractivity contribution in [3.05, 3.63) is 17.2 Å². The zero-order valence-electron chi connectivity index (χ0n) is 8.89. The fourth-order valence-corrected chi connectivity index (χ4v) is 1.73. The second-order valence-corrected chi connectivity index (χ2v) is 3.58. The highest BCUT2D eigenvalue weighted by Gasteiger charge is 2.34. The summed E-state index contributed by atoms with van der Waals surface area (Å²) in [6.45, 7) is 0. The van der Waals surface area contributed by atoms with Gasteiger partial charge in [-0.15, -0.1) is 13.2 Å². The smallest absolute Gasteiger partial charge is 0.481 e. The molecule has 0 bridgehead atoms. The van der Waals surface area contributed by atoms with E-state index in [2.05, 4.69) is 30.4 Å². The molecule has 0 N–H and O–H groups in total. The van der Waals surface area contributed by atoms with E-state index < -0.39 is 24.2 Å². The number of aromatic nitrogens is 1. The van der Waals surface area contributed by atoms with Crippen LogP contribution in [0.4, 0.5) is 22.0 Å². The Bertz CT molecular complexity index is 424. The minimum Gasteiger partial charge on any atom is -0.481 e. The number of pyridine rings is 1. The Morgan fingerprint density at radius 1 is 1.39 bits per heavy atom. The van der Waals surface area contributed by atoms with Gasteiger partial charge in [0, 0.05) is 22.5 Å². The van der Waals surface area contributed by atoms with Crippen molar-refractivity contribution in [3.63, 3.8) is 0 Å². The SMILES string of the molecule is COc1cc(C(F)F)c(CBr)c(OC(F)(F)F)n1. The molecule has 0 spiro atoms. The van der Waals surface area contributed by atoms with Gasteiger partial charge in [0.05, 0.1) is 7.11 Å². The van der Waals surface area contributed by atoms with Crippen molar-refractivity contribution < 1.29 is 31.4 Å². The maximum absolute atomic E-state index is 12.7. The molecule has 0 aromatic carbocycles. The third-order valence-corrected chi connectivity index (χ3v) is 2.45. The molecule has 1 aromatic heterocycles. The van der Waals surface area contributed by atoms with E-state index in [1.807, 2.05) is 0 Å². The topological polar surface area (TPSA) is 31.4 Å². The van der Waals surface area contributed by atoms with E-state index >= 15 is 0 Å². The number of rotatable bonds is 4. The van der Waals surface area contributed by atoms with E-state index in [-0.39, 0.29) is 16.8 Å². The third kappa shape index (κ3) is 3.69. The van der Waals surface area contributed by atoms with Crippen molar-refractivity contribution in [1.29, 1.82) is 0 Å². The fraction of sp³-hybridized carbons (Fsp3) is 0.444. The molecule has 0 saturated carbocycles. The van der Waals surface area contributed by atoms with E-state index in [1.165, 1.54) is 0 Å². The van der Waals surface area contributed by atoms with Crippen LogP contribution in [0.1, 0.15) is 17.6 Å². The van der Waals surface area contributed by atoms with Crippen molar-refractivity contribution in [3.8, 4) is 11.8 Å². The van der Waals surface area contributed by atoms with Gasteiger partial charge in [-0.25, -0.2) is 8.78 Å². The second-order valence-electron chi connectivity index (χ2n) is 3.02. The van der Waals surface area contributed by atoms with Crippen molar-refractivity contribution in [2.75, 3.05) is 7.11 Å². The predicted molar refractivity (Wildman–Crippen MR) is 55.1 cm³/mol. The molecule has 0 aliphatic rings. The minimum absolute atomic E-state index is 0.255. The first-order valence-electron chi connectivity index (χ1n) is 4.46. The maximum atomic E-state index is 12.7. The first-order valence-corrected chi connectivity index (χ1v) is 5.58. The van der Waals surface area contributed by atoms with Gasteiger partial charge in [-0.1, -0.05) is 15.9 Å². The van der Waals surface area contributed by atoms with Gasteiger partial charge in [0.15, 0.2) is 0 Å². The molecule has 0 saturated heterocycles. The Morgan fingerprint density at radius 3 is 2.39 bits per heavy atom. The number of alkyl halides is 6. The molecule has 18 heavy (non-hydrogen) atoms. The highest BCUT2D eigenvalue weighted by atomic mass is 79.9. The van der Waals surface area contributed by atoms with Crippen LogP contribution in [-0.2, 0) is 5.33 Å². The van der Waals surface area contributed by atoms with Crippen LogP contribution >= 0.6 is 15.9 Å². The zero-order chi connectivity index (χ0) is 13.9. The number of methoxy groups -OCH3 is 1. The minimum atomic E-state index is -5.02. The van der Waals surface area contributed by atoms with E-state index in [9.17, 15) is 22.0 Å². The number of hydrogen-bond donors (Lipinski definition) is 0. The second kappa shape index (κ2) is 5.68. The summed E-state index contributed by atoms with van der Waals surface area (Å²) in [6.07, 6.45) is -7.99. The lowest BCUT2D eigenvalue weighted by Crippen LogP contribution is -2.19. The van der Waals surface area contributed by atoms with E-state index in [1.54, 1.807) is 0 Å². The zero-order valence-corrected chi connectivity index (χ0v) is 10.5. The van der Waals surface area contributed by atoms with Gasteiger partial charge in [0.25, 0.3) is 6.43 Å². The molecular weight excluding hydrogens is 329 g/mol.